The third kappa shape index (κ3) is 4.85. The summed E-state index contributed by atoms with van der Waals surface area (Å²) in [6, 6.07) is 8.51. The lowest BCUT2D eigenvalue weighted by atomic mass is 10.1. The van der Waals surface area contributed by atoms with Gasteiger partial charge in [-0.1, -0.05) is 44.2 Å². The van der Waals surface area contributed by atoms with Gasteiger partial charge in [0.15, 0.2) is 0 Å². The van der Waals surface area contributed by atoms with E-state index in [1.165, 1.54) is 0 Å². The van der Waals surface area contributed by atoms with E-state index in [2.05, 4.69) is 5.32 Å². The van der Waals surface area contributed by atoms with Gasteiger partial charge in [-0.05, 0) is 17.9 Å². The molecule has 1 aromatic carbocycles. The Morgan fingerprint density at radius 3 is 2.50 bits per heavy atom. The van der Waals surface area contributed by atoms with Gasteiger partial charge in [-0.3, -0.25) is 4.79 Å². The standard InChI is InChI=1S/C14H22N2O2/c1-10(2)8-12(17)9-16-14(18)13(15)11-6-4-3-5-7-11/h3-7,10,12-13,17H,8-9,15H2,1-2H3,(H,16,18). The molecule has 1 amide bonds. The molecule has 0 heterocycles. The second-order valence-electron chi connectivity index (χ2n) is 4.92. The molecule has 1 aromatic rings. The van der Waals surface area contributed by atoms with Crippen LogP contribution in [0.2, 0.25) is 0 Å². The van der Waals surface area contributed by atoms with Crippen molar-refractivity contribution in [2.45, 2.75) is 32.4 Å². The van der Waals surface area contributed by atoms with E-state index in [1.54, 1.807) is 0 Å². The molecule has 2 atom stereocenters. The molecule has 0 aliphatic heterocycles. The van der Waals surface area contributed by atoms with E-state index in [1.807, 2.05) is 44.2 Å². The van der Waals surface area contributed by atoms with Gasteiger partial charge < -0.3 is 16.2 Å². The Kier molecular flexibility index (Phi) is 5.82. The summed E-state index contributed by atoms with van der Waals surface area (Å²) < 4.78 is 0. The van der Waals surface area contributed by atoms with E-state index in [-0.39, 0.29) is 12.5 Å². The van der Waals surface area contributed by atoms with Gasteiger partial charge in [-0.15, -0.1) is 0 Å². The zero-order valence-electron chi connectivity index (χ0n) is 11.0. The van der Waals surface area contributed by atoms with Crippen LogP contribution in [0, 0.1) is 5.92 Å². The van der Waals surface area contributed by atoms with Gasteiger partial charge in [0.2, 0.25) is 5.91 Å². The molecule has 18 heavy (non-hydrogen) atoms. The van der Waals surface area contributed by atoms with Crippen LogP contribution in [0.1, 0.15) is 31.9 Å². The predicted molar refractivity (Wildman–Crippen MR) is 71.8 cm³/mol. The first-order valence-corrected chi connectivity index (χ1v) is 6.27. The summed E-state index contributed by atoms with van der Waals surface area (Å²) in [7, 11) is 0. The van der Waals surface area contributed by atoms with Crippen molar-refractivity contribution in [2.75, 3.05) is 6.54 Å². The third-order valence-electron chi connectivity index (χ3n) is 2.70. The highest BCUT2D eigenvalue weighted by atomic mass is 16.3. The number of nitrogens with two attached hydrogens (primary N) is 1. The number of carbonyl (C=O) groups is 1. The number of aliphatic hydroxyl groups is 1. The molecule has 4 nitrogen and oxygen atoms in total. The molecule has 100 valence electrons. The summed E-state index contributed by atoms with van der Waals surface area (Å²) in [5, 5.41) is 12.3. The normalized spacial score (nSPS) is 14.3. The lowest BCUT2D eigenvalue weighted by molar-refractivity contribution is -0.123. The van der Waals surface area contributed by atoms with Crippen LogP contribution < -0.4 is 11.1 Å². The molecule has 0 saturated heterocycles. The fourth-order valence-corrected chi connectivity index (χ4v) is 1.77. The van der Waals surface area contributed by atoms with Crippen molar-refractivity contribution in [3.63, 3.8) is 0 Å². The van der Waals surface area contributed by atoms with Gasteiger partial charge in [0.1, 0.15) is 6.04 Å². The highest BCUT2D eigenvalue weighted by Crippen LogP contribution is 2.09. The van der Waals surface area contributed by atoms with Gasteiger partial charge in [-0.25, -0.2) is 0 Å². The van der Waals surface area contributed by atoms with Crippen molar-refractivity contribution in [3.05, 3.63) is 35.9 Å². The molecule has 0 aliphatic carbocycles. The van der Waals surface area contributed by atoms with Crippen LogP contribution in [0.25, 0.3) is 0 Å². The largest absolute Gasteiger partial charge is 0.391 e. The molecular weight excluding hydrogens is 228 g/mol. The lowest BCUT2D eigenvalue weighted by Crippen LogP contribution is -2.38. The maximum Gasteiger partial charge on any atom is 0.241 e. The molecule has 0 aliphatic rings. The average molecular weight is 250 g/mol. The van der Waals surface area contributed by atoms with Gasteiger partial charge in [0.25, 0.3) is 0 Å². The molecule has 4 heteroatoms. The fraction of sp³-hybridized carbons (Fsp3) is 0.500. The quantitative estimate of drug-likeness (QED) is 0.710. The number of benzene rings is 1. The van der Waals surface area contributed by atoms with Crippen LogP contribution in [0.15, 0.2) is 30.3 Å². The van der Waals surface area contributed by atoms with Gasteiger partial charge in [0.05, 0.1) is 6.10 Å². The van der Waals surface area contributed by atoms with E-state index < -0.39 is 12.1 Å². The SMILES string of the molecule is CC(C)CC(O)CNC(=O)C(N)c1ccccc1. The smallest absolute Gasteiger partial charge is 0.241 e. The Hall–Kier alpha value is -1.39. The molecule has 0 aromatic heterocycles. The van der Waals surface area contributed by atoms with Gasteiger partial charge >= 0.3 is 0 Å². The second kappa shape index (κ2) is 7.13. The first-order valence-electron chi connectivity index (χ1n) is 6.27. The number of amides is 1. The van der Waals surface area contributed by atoms with Crippen LogP contribution in [0.4, 0.5) is 0 Å². The number of hydrogen-bond donors (Lipinski definition) is 3. The van der Waals surface area contributed by atoms with E-state index in [0.717, 1.165) is 5.56 Å². The van der Waals surface area contributed by atoms with Crippen LogP contribution in [-0.2, 0) is 4.79 Å². The van der Waals surface area contributed by atoms with Crippen LogP contribution in [0.3, 0.4) is 0 Å². The first-order chi connectivity index (χ1) is 8.50. The summed E-state index contributed by atoms with van der Waals surface area (Å²) in [6.45, 7) is 4.30. The number of nitrogens with one attached hydrogen (secondary N) is 1. The zero-order valence-corrected chi connectivity index (χ0v) is 11.0. The zero-order chi connectivity index (χ0) is 13.5. The van der Waals surface area contributed by atoms with E-state index in [0.29, 0.717) is 12.3 Å². The predicted octanol–water partition coefficient (Wildman–Crippen LogP) is 1.21. The van der Waals surface area contributed by atoms with E-state index in [4.69, 9.17) is 5.73 Å². The number of hydrogen-bond acceptors (Lipinski definition) is 3. The molecular formula is C14H22N2O2. The Labute approximate surface area is 108 Å². The number of rotatable bonds is 6. The first kappa shape index (κ1) is 14.7. The minimum atomic E-state index is -0.683. The monoisotopic (exact) mass is 250 g/mol. The fourth-order valence-electron chi connectivity index (χ4n) is 1.77. The van der Waals surface area contributed by atoms with E-state index >= 15 is 0 Å². The highest BCUT2D eigenvalue weighted by Gasteiger charge is 2.16. The highest BCUT2D eigenvalue weighted by molar-refractivity contribution is 5.82. The van der Waals surface area contributed by atoms with Crippen molar-refractivity contribution in [2.24, 2.45) is 11.7 Å². The van der Waals surface area contributed by atoms with E-state index in [9.17, 15) is 9.90 Å². The summed E-state index contributed by atoms with van der Waals surface area (Å²) in [5.41, 5.74) is 6.60. The Bertz CT molecular complexity index is 365. The maximum atomic E-state index is 11.8. The summed E-state index contributed by atoms with van der Waals surface area (Å²) in [5.74, 6) is 0.142. The van der Waals surface area contributed by atoms with Crippen molar-refractivity contribution in [1.29, 1.82) is 0 Å². The number of carbonyl (C=O) groups excluding carboxylic acids is 1. The average Bonchev–Trinajstić information content (AvgIpc) is 2.35. The molecule has 4 N–H and O–H groups in total. The van der Waals surface area contributed by atoms with Crippen molar-refractivity contribution in [1.82, 2.24) is 5.32 Å². The lowest BCUT2D eigenvalue weighted by Gasteiger charge is -2.16. The molecule has 0 spiro atoms. The second-order valence-corrected chi connectivity index (χ2v) is 4.92. The molecule has 0 bridgehead atoms. The number of aliphatic hydroxyl groups excluding tert-OH is 1. The summed E-state index contributed by atoms with van der Waals surface area (Å²) in [4.78, 5) is 11.8. The van der Waals surface area contributed by atoms with Gasteiger partial charge in [-0.2, -0.15) is 0 Å². The van der Waals surface area contributed by atoms with Crippen LogP contribution >= 0.6 is 0 Å². The minimum Gasteiger partial charge on any atom is -0.391 e. The Morgan fingerprint density at radius 1 is 1.33 bits per heavy atom. The topological polar surface area (TPSA) is 75.3 Å². The third-order valence-corrected chi connectivity index (χ3v) is 2.70. The van der Waals surface area contributed by atoms with Crippen molar-refractivity contribution < 1.29 is 9.90 Å². The minimum absolute atomic E-state index is 0.248. The van der Waals surface area contributed by atoms with Crippen molar-refractivity contribution >= 4 is 5.91 Å². The Balaban J connectivity index is 2.41. The molecule has 0 saturated carbocycles. The van der Waals surface area contributed by atoms with Crippen molar-refractivity contribution in [3.8, 4) is 0 Å². The molecule has 0 fully saturated rings. The van der Waals surface area contributed by atoms with Gasteiger partial charge in [0, 0.05) is 6.54 Å². The summed E-state index contributed by atoms with van der Waals surface area (Å²) >= 11 is 0. The molecule has 2 unspecified atom stereocenters. The van der Waals surface area contributed by atoms with Crippen LogP contribution in [-0.4, -0.2) is 23.7 Å². The summed E-state index contributed by atoms with van der Waals surface area (Å²) in [6.07, 6.45) is 0.151. The Morgan fingerprint density at radius 2 is 1.94 bits per heavy atom. The maximum absolute atomic E-state index is 11.8. The molecule has 1 rings (SSSR count). The molecule has 0 radical (unpaired) electrons. The van der Waals surface area contributed by atoms with Crippen LogP contribution in [0.5, 0.6) is 0 Å².